The maximum atomic E-state index is 14.6. The van der Waals surface area contributed by atoms with Crippen molar-refractivity contribution in [2.24, 2.45) is 5.92 Å². The van der Waals surface area contributed by atoms with Crippen molar-refractivity contribution in [2.45, 2.75) is 50.1 Å². The molecule has 0 bridgehead atoms. The summed E-state index contributed by atoms with van der Waals surface area (Å²) in [4.78, 5) is 16.2. The average Bonchev–Trinajstić information content (AvgIpc) is 3.31. The summed E-state index contributed by atoms with van der Waals surface area (Å²) in [6, 6.07) is 14.2. The number of amides is 1. The fourth-order valence-corrected chi connectivity index (χ4v) is 7.58. The number of rotatable bonds is 7. The van der Waals surface area contributed by atoms with Gasteiger partial charge in [-0.2, -0.15) is 0 Å². The van der Waals surface area contributed by atoms with E-state index in [4.69, 9.17) is 16.3 Å². The highest BCUT2D eigenvalue weighted by atomic mass is 35.5. The van der Waals surface area contributed by atoms with Crippen molar-refractivity contribution in [3.63, 3.8) is 0 Å². The van der Waals surface area contributed by atoms with Crippen LogP contribution in [0.5, 0.6) is 5.75 Å². The van der Waals surface area contributed by atoms with Gasteiger partial charge in [0.1, 0.15) is 22.3 Å². The molecule has 5 rings (SSSR count). The second-order valence-corrected chi connectivity index (χ2v) is 14.1. The van der Waals surface area contributed by atoms with Gasteiger partial charge in [0.15, 0.2) is 9.84 Å². The first-order valence-electron chi connectivity index (χ1n) is 13.3. The van der Waals surface area contributed by atoms with Gasteiger partial charge < -0.3 is 9.64 Å². The molecule has 0 aliphatic heterocycles. The van der Waals surface area contributed by atoms with Crippen LogP contribution >= 0.6 is 22.9 Å². The Morgan fingerprint density at radius 1 is 1.00 bits per heavy atom. The molecule has 41 heavy (non-hydrogen) atoms. The van der Waals surface area contributed by atoms with Crippen LogP contribution < -0.4 is 4.74 Å². The van der Waals surface area contributed by atoms with Crippen molar-refractivity contribution in [2.75, 3.05) is 13.4 Å². The largest absolute Gasteiger partial charge is 0.496 e. The van der Waals surface area contributed by atoms with Crippen LogP contribution in [-0.4, -0.2) is 38.6 Å². The first-order valence-corrected chi connectivity index (χ1v) is 16.4. The molecule has 1 aromatic heterocycles. The lowest BCUT2D eigenvalue weighted by atomic mass is 9.86. The smallest absolute Gasteiger partial charge is 0.266 e. The third kappa shape index (κ3) is 5.98. The molecule has 3 aromatic carbocycles. The number of hydrogen-bond donors (Lipinski definition) is 0. The molecule has 1 fully saturated rings. The predicted molar refractivity (Wildman–Crippen MR) is 160 cm³/mol. The molecule has 0 N–H and O–H groups in total. The van der Waals surface area contributed by atoms with E-state index in [0.29, 0.717) is 11.7 Å². The number of sulfone groups is 1. The predicted octanol–water partition coefficient (Wildman–Crippen LogP) is 8.13. The van der Waals surface area contributed by atoms with Gasteiger partial charge in [-0.05, 0) is 79.1 Å². The average molecular weight is 618 g/mol. The second kappa shape index (κ2) is 11.7. The van der Waals surface area contributed by atoms with Crippen LogP contribution in [-0.2, 0) is 16.4 Å². The molecule has 1 aliphatic rings. The quantitative estimate of drug-likeness (QED) is 0.210. The number of carbonyl (C=O) groups is 1. The van der Waals surface area contributed by atoms with E-state index >= 15 is 0 Å². The maximum absolute atomic E-state index is 14.6. The maximum Gasteiger partial charge on any atom is 0.266 e. The third-order valence-corrected chi connectivity index (χ3v) is 10.6. The van der Waals surface area contributed by atoms with Crippen LogP contribution in [0.4, 0.5) is 8.78 Å². The van der Waals surface area contributed by atoms with Gasteiger partial charge in [0.25, 0.3) is 5.91 Å². The number of halogens is 3. The van der Waals surface area contributed by atoms with Gasteiger partial charge in [0.2, 0.25) is 0 Å². The molecule has 1 aliphatic carbocycles. The number of benzene rings is 3. The Balaban J connectivity index is 1.55. The zero-order chi connectivity index (χ0) is 29.5. The Morgan fingerprint density at radius 2 is 1.63 bits per heavy atom. The van der Waals surface area contributed by atoms with E-state index in [1.165, 1.54) is 0 Å². The molecule has 0 atom stereocenters. The number of thiophene rings is 1. The Labute approximate surface area is 247 Å². The number of ether oxygens (including phenoxy) is 1. The van der Waals surface area contributed by atoms with Crippen LogP contribution in [0.15, 0.2) is 59.5 Å². The van der Waals surface area contributed by atoms with E-state index < -0.39 is 21.5 Å². The molecule has 216 valence electrons. The van der Waals surface area contributed by atoms with Gasteiger partial charge in [0.05, 0.1) is 27.1 Å². The summed E-state index contributed by atoms with van der Waals surface area (Å²) in [5.74, 6) is -0.535. The van der Waals surface area contributed by atoms with E-state index in [1.807, 2.05) is 18.2 Å². The molecule has 0 spiro atoms. The van der Waals surface area contributed by atoms with Gasteiger partial charge in [-0.1, -0.05) is 36.7 Å². The fourth-order valence-electron chi connectivity index (χ4n) is 5.45. The molecule has 4 aromatic rings. The first-order chi connectivity index (χ1) is 19.5. The molecule has 1 amide bonds. The SMILES string of the molecule is COc1ccc(-c2ccc(S(C)(=O)=O)cc2)cc1CN(C(=O)c1sc2c(F)ccc(F)c2c1Cl)C1CCC(C)CC1. The standard InChI is InChI=1S/C31H30ClF2NO4S2/c1-18-4-9-22(10-5-18)35(31(36)30-28(32)27-24(33)13-14-25(34)29(27)40-30)17-21-16-20(8-15-26(21)39-2)19-6-11-23(12-7-19)41(3,37)38/h6-8,11-16,18,22H,4-5,9-10,17H2,1-3H3. The molecule has 0 unspecified atom stereocenters. The lowest BCUT2D eigenvalue weighted by Crippen LogP contribution is -2.41. The Hall–Kier alpha value is -3.01. The summed E-state index contributed by atoms with van der Waals surface area (Å²) in [5.41, 5.74) is 2.39. The normalized spacial score (nSPS) is 17.5. The minimum atomic E-state index is -3.33. The van der Waals surface area contributed by atoms with Crippen molar-refractivity contribution < 1.29 is 26.7 Å². The molecular formula is C31H30ClF2NO4S2. The zero-order valence-electron chi connectivity index (χ0n) is 22.9. The minimum Gasteiger partial charge on any atom is -0.496 e. The van der Waals surface area contributed by atoms with E-state index in [1.54, 1.807) is 36.3 Å². The van der Waals surface area contributed by atoms with Crippen molar-refractivity contribution in [1.29, 1.82) is 0 Å². The van der Waals surface area contributed by atoms with Gasteiger partial charge in [-0.25, -0.2) is 17.2 Å². The molecule has 0 radical (unpaired) electrons. The van der Waals surface area contributed by atoms with E-state index in [0.717, 1.165) is 72.1 Å². The first kappa shape index (κ1) is 29.5. The van der Waals surface area contributed by atoms with Crippen molar-refractivity contribution >= 4 is 48.8 Å². The summed E-state index contributed by atoms with van der Waals surface area (Å²) in [6.45, 7) is 2.39. The van der Waals surface area contributed by atoms with Crippen LogP contribution in [0.3, 0.4) is 0 Å². The highest BCUT2D eigenvalue weighted by Gasteiger charge is 2.32. The lowest BCUT2D eigenvalue weighted by molar-refractivity contribution is 0.0597. The highest BCUT2D eigenvalue weighted by Crippen LogP contribution is 2.41. The molecular weight excluding hydrogens is 588 g/mol. The lowest BCUT2D eigenvalue weighted by Gasteiger charge is -2.36. The number of nitrogens with zero attached hydrogens (tertiary/aromatic N) is 1. The number of fused-ring (bicyclic) bond motifs is 1. The molecule has 1 heterocycles. The summed E-state index contributed by atoms with van der Waals surface area (Å²) >= 11 is 7.41. The van der Waals surface area contributed by atoms with Gasteiger partial charge in [-0.3, -0.25) is 4.79 Å². The summed E-state index contributed by atoms with van der Waals surface area (Å²) in [6.07, 6.45) is 4.68. The highest BCUT2D eigenvalue weighted by molar-refractivity contribution is 7.90. The van der Waals surface area contributed by atoms with E-state index in [9.17, 15) is 22.0 Å². The monoisotopic (exact) mass is 617 g/mol. The van der Waals surface area contributed by atoms with E-state index in [2.05, 4.69) is 6.92 Å². The number of hydrogen-bond acceptors (Lipinski definition) is 5. The Kier molecular flexibility index (Phi) is 8.41. The van der Waals surface area contributed by atoms with Gasteiger partial charge >= 0.3 is 0 Å². The summed E-state index contributed by atoms with van der Waals surface area (Å²) < 4.78 is 58.7. The molecule has 1 saturated carbocycles. The second-order valence-electron chi connectivity index (χ2n) is 10.6. The number of methoxy groups -OCH3 is 1. The van der Waals surface area contributed by atoms with Gasteiger partial charge in [-0.15, -0.1) is 11.3 Å². The Bertz CT molecular complexity index is 1710. The minimum absolute atomic E-state index is 0.0210. The van der Waals surface area contributed by atoms with Gasteiger partial charge in [0, 0.05) is 24.4 Å². The van der Waals surface area contributed by atoms with E-state index in [-0.39, 0.29) is 43.4 Å². The van der Waals surface area contributed by atoms with Crippen molar-refractivity contribution in [3.8, 4) is 16.9 Å². The fraction of sp³-hybridized carbons (Fsp3) is 0.323. The van der Waals surface area contributed by atoms with Crippen LogP contribution in [0.2, 0.25) is 5.02 Å². The topological polar surface area (TPSA) is 63.7 Å². The molecule has 0 saturated heterocycles. The van der Waals surface area contributed by atoms with Crippen molar-refractivity contribution in [3.05, 3.63) is 81.7 Å². The summed E-state index contributed by atoms with van der Waals surface area (Å²) in [5, 5.41) is -0.151. The van der Waals surface area contributed by atoms with Crippen LogP contribution in [0.1, 0.15) is 47.8 Å². The van der Waals surface area contributed by atoms with Crippen LogP contribution in [0, 0.1) is 17.6 Å². The molecule has 5 nitrogen and oxygen atoms in total. The van der Waals surface area contributed by atoms with Crippen molar-refractivity contribution in [1.82, 2.24) is 4.90 Å². The molecule has 10 heteroatoms. The number of carbonyl (C=O) groups excluding carboxylic acids is 1. The Morgan fingerprint density at radius 3 is 2.24 bits per heavy atom. The summed E-state index contributed by atoms with van der Waals surface area (Å²) in [7, 11) is -1.77. The zero-order valence-corrected chi connectivity index (χ0v) is 25.3. The third-order valence-electron chi connectivity index (χ3n) is 7.80. The van der Waals surface area contributed by atoms with Crippen LogP contribution in [0.25, 0.3) is 21.2 Å².